The molecule has 2 unspecified atom stereocenters. The van der Waals surface area contributed by atoms with Crippen molar-refractivity contribution >= 4 is 5.97 Å². The highest BCUT2D eigenvalue weighted by Crippen LogP contribution is 2.24. The first-order valence-corrected chi connectivity index (χ1v) is 5.56. The van der Waals surface area contributed by atoms with Crippen molar-refractivity contribution in [3.8, 4) is 11.4 Å². The van der Waals surface area contributed by atoms with Gasteiger partial charge in [-0.3, -0.25) is 9.78 Å². The summed E-state index contributed by atoms with van der Waals surface area (Å²) in [5.74, 6) is -1.05. The maximum Gasteiger partial charge on any atom is 0.307 e. The highest BCUT2D eigenvalue weighted by Gasteiger charge is 2.26. The lowest BCUT2D eigenvalue weighted by Gasteiger charge is -2.10. The number of aromatic nitrogens is 3. The van der Waals surface area contributed by atoms with Gasteiger partial charge in [-0.15, -0.1) is 0 Å². The molecule has 1 N–H and O–H groups in total. The molecule has 0 spiro atoms. The molecule has 2 aromatic rings. The SMILES string of the molecule is CC(C(=O)O)C(C)c1nc(-c2cccnc2)no1. The third kappa shape index (κ3) is 2.37. The number of rotatable bonds is 4. The van der Waals surface area contributed by atoms with Crippen LogP contribution in [0, 0.1) is 5.92 Å². The number of carboxylic acid groups (broad SMARTS) is 1. The van der Waals surface area contributed by atoms with Crippen LogP contribution in [0.15, 0.2) is 29.0 Å². The maximum absolute atomic E-state index is 10.9. The number of aliphatic carboxylic acids is 1. The molecular formula is C12H13N3O3. The third-order valence-electron chi connectivity index (χ3n) is 2.89. The van der Waals surface area contributed by atoms with Gasteiger partial charge in [0.25, 0.3) is 0 Å². The molecule has 2 atom stereocenters. The van der Waals surface area contributed by atoms with Crippen LogP contribution >= 0.6 is 0 Å². The van der Waals surface area contributed by atoms with Gasteiger partial charge in [-0.2, -0.15) is 4.98 Å². The fourth-order valence-electron chi connectivity index (χ4n) is 1.46. The number of carbonyl (C=O) groups is 1. The Balaban J connectivity index is 2.23. The molecule has 0 saturated carbocycles. The molecule has 0 bridgehead atoms. The minimum absolute atomic E-state index is 0.323. The van der Waals surface area contributed by atoms with Gasteiger partial charge in [0.1, 0.15) is 0 Å². The Morgan fingerprint density at radius 3 is 2.83 bits per heavy atom. The molecule has 0 saturated heterocycles. The van der Waals surface area contributed by atoms with Gasteiger partial charge < -0.3 is 9.63 Å². The Hall–Kier alpha value is -2.24. The van der Waals surface area contributed by atoms with E-state index in [9.17, 15) is 4.79 Å². The molecule has 0 radical (unpaired) electrons. The number of pyridine rings is 1. The normalized spacial score (nSPS) is 14.1. The van der Waals surface area contributed by atoms with Crippen molar-refractivity contribution in [1.82, 2.24) is 15.1 Å². The molecule has 0 aromatic carbocycles. The van der Waals surface area contributed by atoms with E-state index in [1.807, 2.05) is 6.07 Å². The lowest BCUT2D eigenvalue weighted by Crippen LogP contribution is -2.16. The summed E-state index contributed by atoms with van der Waals surface area (Å²) in [4.78, 5) is 19.1. The fraction of sp³-hybridized carbons (Fsp3) is 0.333. The van der Waals surface area contributed by atoms with Gasteiger partial charge in [0.2, 0.25) is 11.7 Å². The van der Waals surface area contributed by atoms with Crippen molar-refractivity contribution < 1.29 is 14.4 Å². The number of carboxylic acids is 1. The van der Waals surface area contributed by atoms with Crippen molar-refractivity contribution in [3.63, 3.8) is 0 Å². The highest BCUT2D eigenvalue weighted by atomic mass is 16.5. The summed E-state index contributed by atoms with van der Waals surface area (Å²) in [6.45, 7) is 3.36. The van der Waals surface area contributed by atoms with Gasteiger partial charge in [0, 0.05) is 23.9 Å². The zero-order valence-corrected chi connectivity index (χ0v) is 10.1. The molecule has 6 heteroatoms. The topological polar surface area (TPSA) is 89.1 Å². The Morgan fingerprint density at radius 2 is 2.22 bits per heavy atom. The van der Waals surface area contributed by atoms with Gasteiger partial charge in [0.05, 0.1) is 5.92 Å². The van der Waals surface area contributed by atoms with E-state index < -0.39 is 11.9 Å². The first-order valence-electron chi connectivity index (χ1n) is 5.56. The van der Waals surface area contributed by atoms with Crippen molar-refractivity contribution in [2.75, 3.05) is 0 Å². The summed E-state index contributed by atoms with van der Waals surface area (Å²) in [5.41, 5.74) is 0.739. The summed E-state index contributed by atoms with van der Waals surface area (Å²) in [7, 11) is 0. The Bertz CT molecular complexity index is 539. The van der Waals surface area contributed by atoms with Crippen LogP contribution in [0.25, 0.3) is 11.4 Å². The molecule has 94 valence electrons. The number of hydrogen-bond acceptors (Lipinski definition) is 5. The molecule has 0 aliphatic carbocycles. The predicted molar refractivity (Wildman–Crippen MR) is 62.7 cm³/mol. The minimum atomic E-state index is -0.886. The van der Waals surface area contributed by atoms with E-state index in [0.29, 0.717) is 11.7 Å². The van der Waals surface area contributed by atoms with E-state index in [4.69, 9.17) is 9.63 Å². The standard InChI is InChI=1S/C12H13N3O3/c1-7(8(2)12(16)17)11-14-10(15-18-11)9-4-3-5-13-6-9/h3-8H,1-2H3,(H,16,17). The Morgan fingerprint density at radius 1 is 1.44 bits per heavy atom. The minimum Gasteiger partial charge on any atom is -0.481 e. The molecule has 0 amide bonds. The van der Waals surface area contributed by atoms with Gasteiger partial charge in [-0.05, 0) is 12.1 Å². The lowest BCUT2D eigenvalue weighted by molar-refractivity contribution is -0.141. The zero-order chi connectivity index (χ0) is 13.1. The summed E-state index contributed by atoms with van der Waals surface area (Å²) in [6.07, 6.45) is 3.28. The molecule has 0 aliphatic heterocycles. The second kappa shape index (κ2) is 4.95. The fourth-order valence-corrected chi connectivity index (χ4v) is 1.46. The average molecular weight is 247 g/mol. The average Bonchev–Trinajstić information content (AvgIpc) is 2.87. The molecule has 0 fully saturated rings. The summed E-state index contributed by atoms with van der Waals surface area (Å²) < 4.78 is 5.10. The van der Waals surface area contributed by atoms with Crippen LogP contribution in [-0.4, -0.2) is 26.2 Å². The first kappa shape index (κ1) is 12.2. The van der Waals surface area contributed by atoms with Crippen LogP contribution in [0.1, 0.15) is 25.7 Å². The Kier molecular flexibility index (Phi) is 3.36. The van der Waals surface area contributed by atoms with Crippen molar-refractivity contribution in [1.29, 1.82) is 0 Å². The van der Waals surface area contributed by atoms with Crippen molar-refractivity contribution in [2.24, 2.45) is 5.92 Å². The van der Waals surface area contributed by atoms with Crippen LogP contribution in [0.3, 0.4) is 0 Å². The molecule has 0 aliphatic rings. The largest absolute Gasteiger partial charge is 0.481 e. The quantitative estimate of drug-likeness (QED) is 0.888. The monoisotopic (exact) mass is 247 g/mol. The molecular weight excluding hydrogens is 234 g/mol. The van der Waals surface area contributed by atoms with Gasteiger partial charge >= 0.3 is 5.97 Å². The zero-order valence-electron chi connectivity index (χ0n) is 10.1. The van der Waals surface area contributed by atoms with E-state index >= 15 is 0 Å². The van der Waals surface area contributed by atoms with E-state index in [2.05, 4.69) is 15.1 Å². The second-order valence-electron chi connectivity index (χ2n) is 4.11. The molecule has 18 heavy (non-hydrogen) atoms. The summed E-state index contributed by atoms with van der Waals surface area (Å²) in [6, 6.07) is 3.58. The van der Waals surface area contributed by atoms with Crippen molar-refractivity contribution in [3.05, 3.63) is 30.4 Å². The molecule has 2 aromatic heterocycles. The van der Waals surface area contributed by atoms with Crippen LogP contribution < -0.4 is 0 Å². The van der Waals surface area contributed by atoms with E-state index in [-0.39, 0.29) is 5.92 Å². The summed E-state index contributed by atoms with van der Waals surface area (Å²) in [5, 5.41) is 12.8. The number of nitrogens with zero attached hydrogens (tertiary/aromatic N) is 3. The third-order valence-corrected chi connectivity index (χ3v) is 2.89. The number of hydrogen-bond donors (Lipinski definition) is 1. The van der Waals surface area contributed by atoms with E-state index in [1.165, 1.54) is 0 Å². The molecule has 2 rings (SSSR count). The maximum atomic E-state index is 10.9. The second-order valence-corrected chi connectivity index (χ2v) is 4.11. The van der Waals surface area contributed by atoms with E-state index in [1.54, 1.807) is 32.3 Å². The molecule has 6 nitrogen and oxygen atoms in total. The Labute approximate surface area is 104 Å². The van der Waals surface area contributed by atoms with Gasteiger partial charge in [-0.25, -0.2) is 0 Å². The predicted octanol–water partition coefficient (Wildman–Crippen LogP) is 1.96. The van der Waals surface area contributed by atoms with Crippen molar-refractivity contribution in [2.45, 2.75) is 19.8 Å². The smallest absolute Gasteiger partial charge is 0.307 e. The highest BCUT2D eigenvalue weighted by molar-refractivity contribution is 5.70. The first-order chi connectivity index (χ1) is 8.59. The van der Waals surface area contributed by atoms with Crippen LogP contribution in [0.5, 0.6) is 0 Å². The summed E-state index contributed by atoms with van der Waals surface area (Å²) >= 11 is 0. The van der Waals surface area contributed by atoms with Gasteiger partial charge in [-0.1, -0.05) is 19.0 Å². The van der Waals surface area contributed by atoms with Crippen LogP contribution in [0.4, 0.5) is 0 Å². The lowest BCUT2D eigenvalue weighted by atomic mass is 9.96. The molecule has 2 heterocycles. The van der Waals surface area contributed by atoms with Crippen LogP contribution in [-0.2, 0) is 4.79 Å². The van der Waals surface area contributed by atoms with Gasteiger partial charge in [0.15, 0.2) is 0 Å². The van der Waals surface area contributed by atoms with Crippen LogP contribution in [0.2, 0.25) is 0 Å². The van der Waals surface area contributed by atoms with E-state index in [0.717, 1.165) is 5.56 Å².